The Morgan fingerprint density at radius 3 is 2.46 bits per heavy atom. The molecular weight excluding hydrogens is 371 g/mol. The smallest absolute Gasteiger partial charge is 0.261 e. The number of rotatable bonds is 5. The molecule has 0 atom stereocenters. The fourth-order valence-corrected chi connectivity index (χ4v) is 3.38. The fourth-order valence-electron chi connectivity index (χ4n) is 1.94. The molecule has 2 aromatic rings. The standard InChI is InChI=1S/C16H16Cl2N2O3S/c1-3-20(2)16(21)11-5-4-6-12(9-11)19-24(22,23)13-7-8-14(17)15(18)10-13/h4-10,19H,3H2,1-2H3. The molecule has 0 aliphatic heterocycles. The lowest BCUT2D eigenvalue weighted by Crippen LogP contribution is -2.26. The van der Waals surface area contributed by atoms with Crippen molar-refractivity contribution in [1.29, 1.82) is 0 Å². The molecule has 1 amide bonds. The first-order valence-corrected chi connectivity index (χ1v) is 9.32. The first-order valence-electron chi connectivity index (χ1n) is 7.08. The van der Waals surface area contributed by atoms with Crippen LogP contribution in [0, 0.1) is 0 Å². The third-order valence-electron chi connectivity index (χ3n) is 3.38. The van der Waals surface area contributed by atoms with Gasteiger partial charge in [0.2, 0.25) is 0 Å². The highest BCUT2D eigenvalue weighted by atomic mass is 35.5. The van der Waals surface area contributed by atoms with E-state index in [1.165, 1.54) is 29.2 Å². The van der Waals surface area contributed by atoms with Gasteiger partial charge in [-0.2, -0.15) is 0 Å². The number of hydrogen-bond donors (Lipinski definition) is 1. The summed E-state index contributed by atoms with van der Waals surface area (Å²) in [6.07, 6.45) is 0. The molecule has 8 heteroatoms. The molecule has 0 aliphatic carbocycles. The molecule has 0 aliphatic rings. The van der Waals surface area contributed by atoms with Gasteiger partial charge in [-0.15, -0.1) is 0 Å². The van der Waals surface area contributed by atoms with Crippen molar-refractivity contribution in [2.45, 2.75) is 11.8 Å². The molecule has 2 aromatic carbocycles. The number of carbonyl (C=O) groups excluding carboxylic acids is 1. The van der Waals surface area contributed by atoms with Crippen LogP contribution in [0.1, 0.15) is 17.3 Å². The van der Waals surface area contributed by atoms with E-state index in [-0.39, 0.29) is 26.5 Å². The van der Waals surface area contributed by atoms with Gasteiger partial charge in [-0.3, -0.25) is 9.52 Å². The molecule has 128 valence electrons. The van der Waals surface area contributed by atoms with E-state index in [1.807, 2.05) is 6.92 Å². The minimum Gasteiger partial charge on any atom is -0.342 e. The van der Waals surface area contributed by atoms with Crippen molar-refractivity contribution in [3.63, 3.8) is 0 Å². The molecule has 0 radical (unpaired) electrons. The zero-order chi connectivity index (χ0) is 17.9. The fraction of sp³-hybridized carbons (Fsp3) is 0.188. The van der Waals surface area contributed by atoms with Gasteiger partial charge in [0.15, 0.2) is 0 Å². The second-order valence-electron chi connectivity index (χ2n) is 5.08. The van der Waals surface area contributed by atoms with Gasteiger partial charge in [0.05, 0.1) is 14.9 Å². The molecule has 0 unspecified atom stereocenters. The van der Waals surface area contributed by atoms with Crippen LogP contribution >= 0.6 is 23.2 Å². The van der Waals surface area contributed by atoms with Crippen LogP contribution in [-0.2, 0) is 10.0 Å². The van der Waals surface area contributed by atoms with Crippen LogP contribution in [0.5, 0.6) is 0 Å². The first kappa shape index (κ1) is 18.6. The molecular formula is C16H16Cl2N2O3S. The molecule has 0 saturated heterocycles. The van der Waals surface area contributed by atoms with Gasteiger partial charge in [-0.05, 0) is 43.3 Å². The van der Waals surface area contributed by atoms with Gasteiger partial charge in [0, 0.05) is 24.8 Å². The van der Waals surface area contributed by atoms with E-state index in [0.717, 1.165) is 0 Å². The predicted molar refractivity (Wildman–Crippen MR) is 96.3 cm³/mol. The van der Waals surface area contributed by atoms with Crippen molar-refractivity contribution in [3.05, 3.63) is 58.1 Å². The lowest BCUT2D eigenvalue weighted by molar-refractivity contribution is 0.0802. The number of hydrogen-bond acceptors (Lipinski definition) is 3. The summed E-state index contributed by atoms with van der Waals surface area (Å²) in [6, 6.07) is 10.3. The third kappa shape index (κ3) is 4.20. The summed E-state index contributed by atoms with van der Waals surface area (Å²) in [7, 11) is -2.16. The molecule has 1 N–H and O–H groups in total. The molecule has 0 bridgehead atoms. The van der Waals surface area contributed by atoms with Crippen LogP contribution in [0.25, 0.3) is 0 Å². The molecule has 0 fully saturated rings. The second-order valence-corrected chi connectivity index (χ2v) is 7.58. The van der Waals surface area contributed by atoms with Crippen LogP contribution in [0.15, 0.2) is 47.4 Å². The molecule has 0 saturated carbocycles. The van der Waals surface area contributed by atoms with E-state index in [9.17, 15) is 13.2 Å². The molecule has 0 spiro atoms. The van der Waals surface area contributed by atoms with Crippen molar-refractivity contribution in [2.75, 3.05) is 18.3 Å². The quantitative estimate of drug-likeness (QED) is 0.847. The number of carbonyl (C=O) groups is 1. The van der Waals surface area contributed by atoms with E-state index < -0.39 is 10.0 Å². The Bertz CT molecular complexity index is 869. The van der Waals surface area contributed by atoms with Gasteiger partial charge in [0.25, 0.3) is 15.9 Å². The van der Waals surface area contributed by atoms with Gasteiger partial charge in [0.1, 0.15) is 0 Å². The second kappa shape index (κ2) is 7.42. The van der Waals surface area contributed by atoms with E-state index in [2.05, 4.69) is 4.72 Å². The van der Waals surface area contributed by atoms with Gasteiger partial charge in [-0.25, -0.2) is 8.42 Å². The highest BCUT2D eigenvalue weighted by Gasteiger charge is 2.17. The Morgan fingerprint density at radius 1 is 1.12 bits per heavy atom. The Morgan fingerprint density at radius 2 is 1.83 bits per heavy atom. The normalized spacial score (nSPS) is 11.2. The van der Waals surface area contributed by atoms with Crippen molar-refractivity contribution in [2.24, 2.45) is 0 Å². The summed E-state index contributed by atoms with van der Waals surface area (Å²) in [5.41, 5.74) is 0.685. The summed E-state index contributed by atoms with van der Waals surface area (Å²) in [5.74, 6) is -0.187. The van der Waals surface area contributed by atoms with Crippen molar-refractivity contribution in [3.8, 4) is 0 Å². The molecule has 0 aromatic heterocycles. The highest BCUT2D eigenvalue weighted by molar-refractivity contribution is 7.92. The highest BCUT2D eigenvalue weighted by Crippen LogP contribution is 2.26. The average Bonchev–Trinajstić information content (AvgIpc) is 2.55. The van der Waals surface area contributed by atoms with E-state index in [4.69, 9.17) is 23.2 Å². The topological polar surface area (TPSA) is 66.5 Å². The number of sulfonamides is 1. The summed E-state index contributed by atoms with van der Waals surface area (Å²) in [6.45, 7) is 2.41. The summed E-state index contributed by atoms with van der Waals surface area (Å²) >= 11 is 11.7. The van der Waals surface area contributed by atoms with Gasteiger partial charge in [-0.1, -0.05) is 29.3 Å². The zero-order valence-electron chi connectivity index (χ0n) is 13.1. The SMILES string of the molecule is CCN(C)C(=O)c1cccc(NS(=O)(=O)c2ccc(Cl)c(Cl)c2)c1. The summed E-state index contributed by atoms with van der Waals surface area (Å²) in [4.78, 5) is 13.7. The summed E-state index contributed by atoms with van der Waals surface area (Å²) < 4.78 is 27.3. The van der Waals surface area contributed by atoms with Crippen LogP contribution in [0.2, 0.25) is 10.0 Å². The maximum Gasteiger partial charge on any atom is 0.261 e. The number of halogens is 2. The first-order chi connectivity index (χ1) is 11.2. The molecule has 24 heavy (non-hydrogen) atoms. The number of nitrogens with one attached hydrogen (secondary N) is 1. The molecule has 2 rings (SSSR count). The monoisotopic (exact) mass is 386 g/mol. The van der Waals surface area contributed by atoms with Crippen molar-refractivity contribution >= 4 is 44.8 Å². The number of anilines is 1. The third-order valence-corrected chi connectivity index (χ3v) is 5.50. The Kier molecular flexibility index (Phi) is 5.74. The lowest BCUT2D eigenvalue weighted by Gasteiger charge is -2.15. The Labute approximate surface area is 151 Å². The lowest BCUT2D eigenvalue weighted by atomic mass is 10.2. The van der Waals surface area contributed by atoms with Gasteiger partial charge < -0.3 is 4.90 Å². The molecule has 5 nitrogen and oxygen atoms in total. The Balaban J connectivity index is 2.30. The van der Waals surface area contributed by atoms with Crippen LogP contribution in [0.3, 0.4) is 0 Å². The number of benzene rings is 2. The summed E-state index contributed by atoms with van der Waals surface area (Å²) in [5, 5.41) is 0.416. The van der Waals surface area contributed by atoms with Gasteiger partial charge >= 0.3 is 0 Å². The van der Waals surface area contributed by atoms with E-state index >= 15 is 0 Å². The minimum atomic E-state index is -3.84. The van der Waals surface area contributed by atoms with Crippen molar-refractivity contribution < 1.29 is 13.2 Å². The number of amides is 1. The van der Waals surface area contributed by atoms with Crippen LogP contribution in [-0.4, -0.2) is 32.8 Å². The largest absolute Gasteiger partial charge is 0.342 e. The predicted octanol–water partition coefficient (Wildman–Crippen LogP) is 3.89. The number of nitrogens with zero attached hydrogens (tertiary/aromatic N) is 1. The maximum absolute atomic E-state index is 12.4. The maximum atomic E-state index is 12.4. The van der Waals surface area contributed by atoms with Crippen molar-refractivity contribution in [1.82, 2.24) is 4.90 Å². The van der Waals surface area contributed by atoms with Crippen LogP contribution < -0.4 is 4.72 Å². The zero-order valence-corrected chi connectivity index (χ0v) is 15.4. The minimum absolute atomic E-state index is 0.0145. The van der Waals surface area contributed by atoms with Crippen LogP contribution in [0.4, 0.5) is 5.69 Å². The van der Waals surface area contributed by atoms with E-state index in [1.54, 1.807) is 25.2 Å². The molecule has 0 heterocycles. The Hall–Kier alpha value is -1.76. The average molecular weight is 387 g/mol. The van der Waals surface area contributed by atoms with E-state index in [0.29, 0.717) is 12.1 Å².